The van der Waals surface area contributed by atoms with Crippen molar-refractivity contribution in [3.8, 4) is 0 Å². The molecule has 0 aliphatic carbocycles. The maximum absolute atomic E-state index is 6.00. The first kappa shape index (κ1) is 12.1. The normalized spacial score (nSPS) is 12.5. The van der Waals surface area contributed by atoms with Gasteiger partial charge in [-0.15, -0.1) is 0 Å². The standard InChI is InChI=1S/C13H22N2/c1-4-12(14)10-11-8-6-7-9-13(11)15(3)5-2/h6-9,12H,4-5,10,14H2,1-3H3. The first-order valence-electron chi connectivity index (χ1n) is 5.73. The molecule has 0 saturated carbocycles. The maximum atomic E-state index is 6.00. The highest BCUT2D eigenvalue weighted by atomic mass is 15.1. The van der Waals surface area contributed by atoms with E-state index in [0.717, 1.165) is 19.4 Å². The van der Waals surface area contributed by atoms with Crippen LogP contribution in [0.15, 0.2) is 24.3 Å². The Labute approximate surface area is 93.1 Å². The van der Waals surface area contributed by atoms with Gasteiger partial charge in [0, 0.05) is 25.3 Å². The second kappa shape index (κ2) is 5.76. The first-order chi connectivity index (χ1) is 7.19. The fraction of sp³-hybridized carbons (Fsp3) is 0.538. The molecule has 2 heteroatoms. The quantitative estimate of drug-likeness (QED) is 0.801. The first-order valence-corrected chi connectivity index (χ1v) is 5.73. The highest BCUT2D eigenvalue weighted by Crippen LogP contribution is 2.20. The van der Waals surface area contributed by atoms with E-state index in [9.17, 15) is 0 Å². The smallest absolute Gasteiger partial charge is 0.0396 e. The third kappa shape index (κ3) is 3.24. The van der Waals surface area contributed by atoms with Crippen LogP contribution in [-0.2, 0) is 6.42 Å². The molecule has 1 rings (SSSR count). The van der Waals surface area contributed by atoms with Crippen LogP contribution in [0.25, 0.3) is 0 Å². The number of para-hydroxylation sites is 1. The Morgan fingerprint density at radius 2 is 1.93 bits per heavy atom. The fourth-order valence-electron chi connectivity index (χ4n) is 1.65. The summed E-state index contributed by atoms with van der Waals surface area (Å²) in [6.07, 6.45) is 2.00. The molecule has 1 atom stereocenters. The molecule has 0 aromatic heterocycles. The van der Waals surface area contributed by atoms with Gasteiger partial charge in [0.05, 0.1) is 0 Å². The summed E-state index contributed by atoms with van der Waals surface area (Å²) >= 11 is 0. The van der Waals surface area contributed by atoms with Crippen molar-refractivity contribution in [2.24, 2.45) is 5.73 Å². The number of anilines is 1. The summed E-state index contributed by atoms with van der Waals surface area (Å²) in [7, 11) is 2.12. The summed E-state index contributed by atoms with van der Waals surface area (Å²) in [5.41, 5.74) is 8.66. The van der Waals surface area contributed by atoms with E-state index >= 15 is 0 Å². The summed E-state index contributed by atoms with van der Waals surface area (Å²) in [5, 5.41) is 0. The predicted octanol–water partition coefficient (Wildman–Crippen LogP) is 2.42. The van der Waals surface area contributed by atoms with Crippen LogP contribution in [0.1, 0.15) is 25.8 Å². The molecule has 0 radical (unpaired) electrons. The zero-order valence-corrected chi connectivity index (χ0v) is 10.0. The minimum atomic E-state index is 0.274. The molecule has 1 aromatic carbocycles. The van der Waals surface area contributed by atoms with E-state index in [0.29, 0.717) is 0 Å². The summed E-state index contributed by atoms with van der Waals surface area (Å²) in [6, 6.07) is 8.79. The molecule has 15 heavy (non-hydrogen) atoms. The molecule has 0 spiro atoms. The van der Waals surface area contributed by atoms with Crippen molar-refractivity contribution in [1.29, 1.82) is 0 Å². The topological polar surface area (TPSA) is 29.3 Å². The molecule has 84 valence electrons. The van der Waals surface area contributed by atoms with Gasteiger partial charge in [-0.1, -0.05) is 25.1 Å². The average molecular weight is 206 g/mol. The second-order valence-electron chi connectivity index (χ2n) is 4.02. The monoisotopic (exact) mass is 206 g/mol. The molecule has 0 aliphatic heterocycles. The highest BCUT2D eigenvalue weighted by molar-refractivity contribution is 5.53. The van der Waals surface area contributed by atoms with E-state index in [1.165, 1.54) is 11.3 Å². The zero-order valence-electron chi connectivity index (χ0n) is 10.0. The minimum absolute atomic E-state index is 0.274. The summed E-state index contributed by atoms with van der Waals surface area (Å²) in [5.74, 6) is 0. The van der Waals surface area contributed by atoms with Crippen molar-refractivity contribution in [2.75, 3.05) is 18.5 Å². The molecule has 1 aromatic rings. The average Bonchev–Trinajstić information content (AvgIpc) is 2.28. The number of nitrogens with zero attached hydrogens (tertiary/aromatic N) is 1. The van der Waals surface area contributed by atoms with Crippen molar-refractivity contribution < 1.29 is 0 Å². The largest absolute Gasteiger partial charge is 0.375 e. The SMILES string of the molecule is CCC(N)Cc1ccccc1N(C)CC. The van der Waals surface area contributed by atoms with E-state index in [2.05, 4.69) is 50.1 Å². The number of benzene rings is 1. The summed E-state index contributed by atoms with van der Waals surface area (Å²) < 4.78 is 0. The van der Waals surface area contributed by atoms with Crippen LogP contribution in [0.4, 0.5) is 5.69 Å². The Hall–Kier alpha value is -1.02. The fourth-order valence-corrected chi connectivity index (χ4v) is 1.65. The number of hydrogen-bond donors (Lipinski definition) is 1. The van der Waals surface area contributed by atoms with Crippen LogP contribution >= 0.6 is 0 Å². The van der Waals surface area contributed by atoms with Gasteiger partial charge in [-0.2, -0.15) is 0 Å². The zero-order chi connectivity index (χ0) is 11.3. The van der Waals surface area contributed by atoms with Gasteiger partial charge in [0.15, 0.2) is 0 Å². The highest BCUT2D eigenvalue weighted by Gasteiger charge is 2.08. The molecule has 2 nitrogen and oxygen atoms in total. The van der Waals surface area contributed by atoms with Crippen LogP contribution in [-0.4, -0.2) is 19.6 Å². The third-order valence-corrected chi connectivity index (χ3v) is 2.88. The summed E-state index contributed by atoms with van der Waals surface area (Å²) in [4.78, 5) is 2.26. The predicted molar refractivity (Wildman–Crippen MR) is 67.4 cm³/mol. The van der Waals surface area contributed by atoms with Crippen LogP contribution in [0, 0.1) is 0 Å². The second-order valence-corrected chi connectivity index (χ2v) is 4.02. The lowest BCUT2D eigenvalue weighted by molar-refractivity contribution is 0.645. The van der Waals surface area contributed by atoms with Gasteiger partial charge >= 0.3 is 0 Å². The maximum Gasteiger partial charge on any atom is 0.0396 e. The molecule has 1 unspecified atom stereocenters. The lowest BCUT2D eigenvalue weighted by Crippen LogP contribution is -2.24. The Kier molecular flexibility index (Phi) is 4.63. The Morgan fingerprint density at radius 1 is 1.27 bits per heavy atom. The van der Waals surface area contributed by atoms with Gasteiger partial charge in [-0.3, -0.25) is 0 Å². The Balaban J connectivity index is 2.86. The van der Waals surface area contributed by atoms with Gasteiger partial charge in [-0.05, 0) is 31.4 Å². The van der Waals surface area contributed by atoms with Crippen molar-refractivity contribution in [3.63, 3.8) is 0 Å². The van der Waals surface area contributed by atoms with Gasteiger partial charge in [-0.25, -0.2) is 0 Å². The molecule has 0 fully saturated rings. The number of hydrogen-bond acceptors (Lipinski definition) is 2. The Bertz CT molecular complexity index is 296. The van der Waals surface area contributed by atoms with Gasteiger partial charge in [0.25, 0.3) is 0 Å². The lowest BCUT2D eigenvalue weighted by atomic mass is 10.0. The van der Waals surface area contributed by atoms with Crippen molar-refractivity contribution in [2.45, 2.75) is 32.7 Å². The van der Waals surface area contributed by atoms with Crippen LogP contribution in [0.5, 0.6) is 0 Å². The van der Waals surface area contributed by atoms with Gasteiger partial charge in [0.1, 0.15) is 0 Å². The van der Waals surface area contributed by atoms with Crippen LogP contribution in [0.2, 0.25) is 0 Å². The summed E-state index contributed by atoms with van der Waals surface area (Å²) in [6.45, 7) is 5.33. The molecule has 0 bridgehead atoms. The Morgan fingerprint density at radius 3 is 2.53 bits per heavy atom. The van der Waals surface area contributed by atoms with Crippen LogP contribution in [0.3, 0.4) is 0 Å². The number of nitrogens with two attached hydrogens (primary N) is 1. The molecule has 0 amide bonds. The third-order valence-electron chi connectivity index (χ3n) is 2.88. The molecular formula is C13H22N2. The van der Waals surface area contributed by atoms with Gasteiger partial charge in [0.2, 0.25) is 0 Å². The van der Waals surface area contributed by atoms with E-state index < -0.39 is 0 Å². The van der Waals surface area contributed by atoms with Crippen molar-refractivity contribution >= 4 is 5.69 Å². The van der Waals surface area contributed by atoms with E-state index in [1.54, 1.807) is 0 Å². The van der Waals surface area contributed by atoms with Crippen LogP contribution < -0.4 is 10.6 Å². The lowest BCUT2D eigenvalue weighted by Gasteiger charge is -2.21. The molecule has 0 saturated heterocycles. The van der Waals surface area contributed by atoms with Crippen molar-refractivity contribution in [3.05, 3.63) is 29.8 Å². The van der Waals surface area contributed by atoms with E-state index in [4.69, 9.17) is 5.73 Å². The van der Waals surface area contributed by atoms with Crippen molar-refractivity contribution in [1.82, 2.24) is 0 Å². The van der Waals surface area contributed by atoms with Gasteiger partial charge < -0.3 is 10.6 Å². The molecular weight excluding hydrogens is 184 g/mol. The molecule has 2 N–H and O–H groups in total. The number of rotatable bonds is 5. The molecule has 0 aliphatic rings. The minimum Gasteiger partial charge on any atom is -0.375 e. The van der Waals surface area contributed by atoms with E-state index in [1.807, 2.05) is 0 Å². The van der Waals surface area contributed by atoms with E-state index in [-0.39, 0.29) is 6.04 Å². The molecule has 0 heterocycles.